The number of ether oxygens (including phenoxy) is 1. The predicted octanol–water partition coefficient (Wildman–Crippen LogP) is 4.23. The molecule has 1 N–H and O–H groups in total. The molecule has 4 fully saturated rings. The molecule has 3 saturated heterocycles. The maximum absolute atomic E-state index is 12.6. The molecule has 1 saturated carbocycles. The zero-order chi connectivity index (χ0) is 23.2. The van der Waals surface area contributed by atoms with Crippen molar-refractivity contribution < 1.29 is 32.6 Å². The van der Waals surface area contributed by atoms with E-state index in [0.717, 1.165) is 44.8 Å². The smallest absolute Gasteiger partial charge is 0.475 e. The Balaban J connectivity index is 0.000000360. The van der Waals surface area contributed by atoms with E-state index in [1.54, 1.807) is 0 Å². The molecule has 184 valence electrons. The number of likely N-dealkylation sites (tertiary alicyclic amines) is 2. The Kier molecular flexibility index (Phi) is 8.83. The lowest BCUT2D eigenvalue weighted by Gasteiger charge is -2.39. The summed E-state index contributed by atoms with van der Waals surface area (Å²) in [6.45, 7) is 5.46. The first-order valence-electron chi connectivity index (χ1n) is 12.1. The number of carboxylic acid groups (broad SMARTS) is 1. The number of carboxylic acids is 1. The van der Waals surface area contributed by atoms with Gasteiger partial charge in [0.15, 0.2) is 0 Å². The predicted molar refractivity (Wildman–Crippen MR) is 113 cm³/mol. The fraction of sp³-hybridized carbons (Fsp3) is 0.913. The molecule has 1 aliphatic carbocycles. The normalized spacial score (nSPS) is 30.3. The molecule has 2 unspecified atom stereocenters. The molecule has 4 rings (SSSR count). The fourth-order valence-corrected chi connectivity index (χ4v) is 5.83. The maximum Gasteiger partial charge on any atom is 0.490 e. The number of alkyl halides is 3. The highest BCUT2D eigenvalue weighted by atomic mass is 19.4. The van der Waals surface area contributed by atoms with E-state index in [1.165, 1.54) is 71.0 Å². The highest BCUT2D eigenvalue weighted by molar-refractivity contribution is 5.79. The van der Waals surface area contributed by atoms with Gasteiger partial charge in [0.25, 0.3) is 0 Å². The standard InChI is InChI=1S/C21H36N2O2.C2HF3O2/c24-20-9-11-21(23(20)17-19-8-4-15-25-19)10-5-13-22(14-12-21)16-18-6-2-1-3-7-18;3-2(4,5)1(6)7/h18-19H,1-17H2;(H,6,7). The van der Waals surface area contributed by atoms with Crippen LogP contribution in [0.4, 0.5) is 13.2 Å². The number of rotatable bonds is 4. The fourth-order valence-electron chi connectivity index (χ4n) is 5.83. The Bertz CT molecular complexity index is 633. The third-order valence-electron chi connectivity index (χ3n) is 7.58. The quantitative estimate of drug-likeness (QED) is 0.677. The first kappa shape index (κ1) is 25.3. The zero-order valence-corrected chi connectivity index (χ0v) is 18.9. The number of nitrogens with zero attached hydrogens (tertiary/aromatic N) is 2. The van der Waals surface area contributed by atoms with Crippen LogP contribution in [0.5, 0.6) is 0 Å². The molecule has 1 spiro atoms. The second kappa shape index (κ2) is 11.2. The maximum atomic E-state index is 12.6. The summed E-state index contributed by atoms with van der Waals surface area (Å²) < 4.78 is 37.6. The van der Waals surface area contributed by atoms with Crippen LogP contribution in [-0.4, -0.2) is 77.4 Å². The lowest BCUT2D eigenvalue weighted by molar-refractivity contribution is -0.192. The first-order chi connectivity index (χ1) is 15.2. The summed E-state index contributed by atoms with van der Waals surface area (Å²) in [5.74, 6) is -1.44. The minimum absolute atomic E-state index is 0.143. The summed E-state index contributed by atoms with van der Waals surface area (Å²) >= 11 is 0. The molecule has 2 atom stereocenters. The Morgan fingerprint density at radius 3 is 2.34 bits per heavy atom. The van der Waals surface area contributed by atoms with Gasteiger partial charge in [-0.2, -0.15) is 13.2 Å². The van der Waals surface area contributed by atoms with Crippen molar-refractivity contribution >= 4 is 11.9 Å². The van der Waals surface area contributed by atoms with Crippen LogP contribution in [-0.2, 0) is 14.3 Å². The molecule has 32 heavy (non-hydrogen) atoms. The van der Waals surface area contributed by atoms with Crippen LogP contribution in [0.2, 0.25) is 0 Å². The van der Waals surface area contributed by atoms with E-state index < -0.39 is 12.1 Å². The van der Waals surface area contributed by atoms with Crippen molar-refractivity contribution in [2.45, 2.75) is 94.9 Å². The van der Waals surface area contributed by atoms with Crippen LogP contribution in [0.3, 0.4) is 0 Å². The Morgan fingerprint density at radius 1 is 1.00 bits per heavy atom. The van der Waals surface area contributed by atoms with Gasteiger partial charge in [0.2, 0.25) is 5.91 Å². The lowest BCUT2D eigenvalue weighted by atomic mass is 9.87. The van der Waals surface area contributed by atoms with Crippen LogP contribution in [0.1, 0.15) is 77.0 Å². The van der Waals surface area contributed by atoms with Crippen molar-refractivity contribution in [1.29, 1.82) is 0 Å². The van der Waals surface area contributed by atoms with Gasteiger partial charge in [-0.1, -0.05) is 19.3 Å². The minimum Gasteiger partial charge on any atom is -0.475 e. The molecule has 6 nitrogen and oxygen atoms in total. The number of carbonyl (C=O) groups is 2. The monoisotopic (exact) mass is 462 g/mol. The van der Waals surface area contributed by atoms with Crippen molar-refractivity contribution in [2.75, 3.05) is 32.8 Å². The SMILES string of the molecule is O=C(O)C(F)(F)F.O=C1CCC2(CCCN(CC3CCCCC3)CC2)N1CC1CCCO1. The van der Waals surface area contributed by atoms with Gasteiger partial charge in [-0.05, 0) is 63.8 Å². The molecule has 9 heteroatoms. The van der Waals surface area contributed by atoms with Gasteiger partial charge >= 0.3 is 12.1 Å². The summed E-state index contributed by atoms with van der Waals surface area (Å²) in [5.41, 5.74) is 0.143. The average molecular weight is 463 g/mol. The zero-order valence-electron chi connectivity index (χ0n) is 18.9. The molecule has 3 heterocycles. The molecular weight excluding hydrogens is 425 g/mol. The Hall–Kier alpha value is -1.35. The highest BCUT2D eigenvalue weighted by Gasteiger charge is 2.46. The van der Waals surface area contributed by atoms with Gasteiger partial charge in [0.1, 0.15) is 0 Å². The van der Waals surface area contributed by atoms with E-state index >= 15 is 0 Å². The molecule has 0 aromatic heterocycles. The highest BCUT2D eigenvalue weighted by Crippen LogP contribution is 2.40. The van der Waals surface area contributed by atoms with Gasteiger partial charge in [0.05, 0.1) is 6.10 Å². The largest absolute Gasteiger partial charge is 0.490 e. The second-order valence-electron chi connectivity index (χ2n) is 9.82. The van der Waals surface area contributed by atoms with E-state index in [4.69, 9.17) is 14.6 Å². The molecule has 0 aromatic carbocycles. The number of aliphatic carboxylic acids is 1. The van der Waals surface area contributed by atoms with Gasteiger partial charge in [-0.3, -0.25) is 4.79 Å². The first-order valence-corrected chi connectivity index (χ1v) is 12.1. The lowest BCUT2D eigenvalue weighted by Crippen LogP contribution is -2.49. The van der Waals surface area contributed by atoms with E-state index in [-0.39, 0.29) is 5.54 Å². The summed E-state index contributed by atoms with van der Waals surface area (Å²) in [7, 11) is 0. The number of carbonyl (C=O) groups excluding carboxylic acids is 1. The van der Waals surface area contributed by atoms with Gasteiger partial charge < -0.3 is 19.6 Å². The van der Waals surface area contributed by atoms with E-state index in [9.17, 15) is 18.0 Å². The summed E-state index contributed by atoms with van der Waals surface area (Å²) in [4.78, 5) is 26.5. The van der Waals surface area contributed by atoms with Crippen molar-refractivity contribution in [1.82, 2.24) is 9.80 Å². The van der Waals surface area contributed by atoms with E-state index in [1.807, 2.05) is 0 Å². The van der Waals surface area contributed by atoms with Gasteiger partial charge in [0, 0.05) is 38.2 Å². The Morgan fingerprint density at radius 2 is 1.72 bits per heavy atom. The molecular formula is C23H37F3N2O4. The van der Waals surface area contributed by atoms with Crippen molar-refractivity contribution in [2.24, 2.45) is 5.92 Å². The van der Waals surface area contributed by atoms with Gasteiger partial charge in [-0.25, -0.2) is 4.79 Å². The number of amides is 1. The third-order valence-corrected chi connectivity index (χ3v) is 7.58. The molecule has 4 aliphatic rings. The average Bonchev–Trinajstić information content (AvgIpc) is 3.31. The summed E-state index contributed by atoms with van der Waals surface area (Å²) in [5, 5.41) is 7.12. The van der Waals surface area contributed by atoms with Crippen molar-refractivity contribution in [3.8, 4) is 0 Å². The van der Waals surface area contributed by atoms with Crippen molar-refractivity contribution in [3.05, 3.63) is 0 Å². The molecule has 0 radical (unpaired) electrons. The number of hydrogen-bond donors (Lipinski definition) is 1. The Labute approximate surface area is 188 Å². The molecule has 0 aromatic rings. The van der Waals surface area contributed by atoms with Crippen LogP contribution >= 0.6 is 0 Å². The van der Waals surface area contributed by atoms with Crippen LogP contribution in [0.15, 0.2) is 0 Å². The van der Waals surface area contributed by atoms with Crippen LogP contribution < -0.4 is 0 Å². The van der Waals surface area contributed by atoms with E-state index in [0.29, 0.717) is 12.0 Å². The van der Waals surface area contributed by atoms with Crippen LogP contribution in [0.25, 0.3) is 0 Å². The third kappa shape index (κ3) is 6.83. The van der Waals surface area contributed by atoms with Crippen molar-refractivity contribution in [3.63, 3.8) is 0 Å². The van der Waals surface area contributed by atoms with E-state index in [2.05, 4.69) is 9.80 Å². The molecule has 0 bridgehead atoms. The minimum atomic E-state index is -5.08. The molecule has 3 aliphatic heterocycles. The summed E-state index contributed by atoms with van der Waals surface area (Å²) in [6.07, 6.45) is 10.2. The molecule has 1 amide bonds. The summed E-state index contributed by atoms with van der Waals surface area (Å²) in [6, 6.07) is 0. The number of halogens is 3. The van der Waals surface area contributed by atoms with Gasteiger partial charge in [-0.15, -0.1) is 0 Å². The number of hydrogen-bond acceptors (Lipinski definition) is 4. The van der Waals surface area contributed by atoms with Crippen LogP contribution in [0, 0.1) is 5.92 Å². The second-order valence-corrected chi connectivity index (χ2v) is 9.82. The topological polar surface area (TPSA) is 70.1 Å².